The number of aromatic nitrogens is 1. The maximum Gasteiger partial charge on any atom is 0.227 e. The zero-order valence-corrected chi connectivity index (χ0v) is 14.3. The first-order chi connectivity index (χ1) is 9.19. The van der Waals surface area contributed by atoms with Gasteiger partial charge in [0.1, 0.15) is 0 Å². The fourth-order valence-electron chi connectivity index (χ4n) is 2.56. The molecule has 2 rings (SSSR count). The zero-order chi connectivity index (χ0) is 13.7. The Kier molecular flexibility index (Phi) is 9.58. The Labute approximate surface area is 139 Å². The van der Waals surface area contributed by atoms with Gasteiger partial charge in [0, 0.05) is 25.0 Å². The van der Waals surface area contributed by atoms with E-state index in [4.69, 9.17) is 0 Å². The standard InChI is InChI=1S/C15H23N3O.2ClH/c1-12-3-4-14(11-17-12)9-15(19)18-7-5-13(6-8-18)10-16-2;;/h3-4,11,13,16H,5-10H2,1-2H3;2*1H. The zero-order valence-electron chi connectivity index (χ0n) is 12.7. The summed E-state index contributed by atoms with van der Waals surface area (Å²) in [6, 6.07) is 3.95. The van der Waals surface area contributed by atoms with Gasteiger partial charge in [-0.05, 0) is 50.9 Å². The Bertz CT molecular complexity index is 417. The van der Waals surface area contributed by atoms with Crippen molar-refractivity contribution in [1.82, 2.24) is 15.2 Å². The van der Waals surface area contributed by atoms with E-state index in [2.05, 4.69) is 10.3 Å². The maximum absolute atomic E-state index is 12.2. The molecule has 0 radical (unpaired) electrons. The lowest BCUT2D eigenvalue weighted by atomic mass is 9.96. The lowest BCUT2D eigenvalue weighted by Crippen LogP contribution is -2.41. The number of rotatable bonds is 4. The number of pyridine rings is 1. The van der Waals surface area contributed by atoms with E-state index in [1.165, 1.54) is 0 Å². The van der Waals surface area contributed by atoms with E-state index in [0.717, 1.165) is 49.7 Å². The fraction of sp³-hybridized carbons (Fsp3) is 0.600. The predicted octanol–water partition coefficient (Wildman–Crippen LogP) is 2.23. The molecule has 2 heterocycles. The maximum atomic E-state index is 12.2. The van der Waals surface area contributed by atoms with Crippen LogP contribution in [0.2, 0.25) is 0 Å². The van der Waals surface area contributed by atoms with Crippen molar-refractivity contribution in [3.05, 3.63) is 29.6 Å². The molecule has 1 aliphatic heterocycles. The molecule has 6 heteroatoms. The third-order valence-electron chi connectivity index (χ3n) is 3.79. The fourth-order valence-corrected chi connectivity index (χ4v) is 2.56. The lowest BCUT2D eigenvalue weighted by Gasteiger charge is -2.32. The molecule has 0 bridgehead atoms. The number of hydrogen-bond donors (Lipinski definition) is 1. The molecule has 1 aliphatic rings. The van der Waals surface area contributed by atoms with E-state index in [1.807, 2.05) is 31.0 Å². The molecule has 1 amide bonds. The van der Waals surface area contributed by atoms with E-state index in [-0.39, 0.29) is 30.7 Å². The van der Waals surface area contributed by atoms with Gasteiger partial charge in [-0.15, -0.1) is 24.8 Å². The van der Waals surface area contributed by atoms with Crippen LogP contribution in [0.5, 0.6) is 0 Å². The number of piperidine rings is 1. The topological polar surface area (TPSA) is 45.2 Å². The molecule has 0 aromatic carbocycles. The van der Waals surface area contributed by atoms with Gasteiger partial charge in [-0.1, -0.05) is 6.07 Å². The highest BCUT2D eigenvalue weighted by molar-refractivity contribution is 5.85. The molecule has 1 fully saturated rings. The number of amides is 1. The van der Waals surface area contributed by atoms with Gasteiger partial charge in [0.15, 0.2) is 0 Å². The summed E-state index contributed by atoms with van der Waals surface area (Å²) in [4.78, 5) is 18.4. The summed E-state index contributed by atoms with van der Waals surface area (Å²) in [5.74, 6) is 0.948. The second kappa shape index (κ2) is 9.98. The van der Waals surface area contributed by atoms with Crippen LogP contribution in [0.25, 0.3) is 0 Å². The highest BCUT2D eigenvalue weighted by atomic mass is 35.5. The van der Waals surface area contributed by atoms with Crippen molar-refractivity contribution in [3.8, 4) is 0 Å². The summed E-state index contributed by atoms with van der Waals surface area (Å²) in [6.07, 6.45) is 4.50. The molecular formula is C15H25Cl2N3O. The van der Waals surface area contributed by atoms with Gasteiger partial charge in [0.05, 0.1) is 6.42 Å². The number of halogens is 2. The van der Waals surface area contributed by atoms with Gasteiger partial charge in [0.25, 0.3) is 0 Å². The molecule has 1 N–H and O–H groups in total. The Morgan fingerprint density at radius 2 is 2.00 bits per heavy atom. The Hall–Kier alpha value is -0.840. The number of likely N-dealkylation sites (tertiary alicyclic amines) is 1. The first-order valence-corrected chi connectivity index (χ1v) is 7.03. The highest BCUT2D eigenvalue weighted by Crippen LogP contribution is 2.17. The molecule has 1 aromatic heterocycles. The van der Waals surface area contributed by atoms with E-state index in [9.17, 15) is 4.79 Å². The molecule has 0 spiro atoms. The summed E-state index contributed by atoms with van der Waals surface area (Å²) < 4.78 is 0. The second-order valence-corrected chi connectivity index (χ2v) is 5.37. The average Bonchev–Trinajstić information content (AvgIpc) is 2.42. The number of nitrogens with zero attached hydrogens (tertiary/aromatic N) is 2. The molecule has 1 saturated heterocycles. The van der Waals surface area contributed by atoms with Crippen molar-refractivity contribution in [2.75, 3.05) is 26.7 Å². The number of carbonyl (C=O) groups excluding carboxylic acids is 1. The molecule has 0 atom stereocenters. The summed E-state index contributed by atoms with van der Waals surface area (Å²) in [7, 11) is 1.99. The number of nitrogens with one attached hydrogen (secondary N) is 1. The summed E-state index contributed by atoms with van der Waals surface area (Å²) >= 11 is 0. The third-order valence-corrected chi connectivity index (χ3v) is 3.79. The van der Waals surface area contributed by atoms with Crippen molar-refractivity contribution in [1.29, 1.82) is 0 Å². The Morgan fingerprint density at radius 1 is 1.33 bits per heavy atom. The van der Waals surface area contributed by atoms with Crippen LogP contribution in [-0.2, 0) is 11.2 Å². The molecule has 0 aliphatic carbocycles. The molecule has 0 unspecified atom stereocenters. The molecule has 21 heavy (non-hydrogen) atoms. The molecular weight excluding hydrogens is 309 g/mol. The van der Waals surface area contributed by atoms with E-state index in [1.54, 1.807) is 6.20 Å². The second-order valence-electron chi connectivity index (χ2n) is 5.37. The summed E-state index contributed by atoms with van der Waals surface area (Å²) in [6.45, 7) is 4.80. The monoisotopic (exact) mass is 333 g/mol. The first-order valence-electron chi connectivity index (χ1n) is 7.03. The number of carbonyl (C=O) groups is 1. The minimum atomic E-state index is 0. The van der Waals surface area contributed by atoms with Crippen LogP contribution >= 0.6 is 24.8 Å². The van der Waals surface area contributed by atoms with E-state index >= 15 is 0 Å². The van der Waals surface area contributed by atoms with Gasteiger partial charge in [-0.2, -0.15) is 0 Å². The third kappa shape index (κ3) is 6.20. The van der Waals surface area contributed by atoms with Crippen LogP contribution in [0.4, 0.5) is 0 Å². The Balaban J connectivity index is 0.00000200. The van der Waals surface area contributed by atoms with Gasteiger partial charge in [-0.25, -0.2) is 0 Å². The molecule has 4 nitrogen and oxygen atoms in total. The number of hydrogen-bond acceptors (Lipinski definition) is 3. The largest absolute Gasteiger partial charge is 0.342 e. The van der Waals surface area contributed by atoms with Crippen LogP contribution in [-0.4, -0.2) is 42.5 Å². The Morgan fingerprint density at radius 3 is 2.52 bits per heavy atom. The van der Waals surface area contributed by atoms with E-state index in [0.29, 0.717) is 6.42 Å². The summed E-state index contributed by atoms with van der Waals surface area (Å²) in [5, 5.41) is 3.21. The minimum Gasteiger partial charge on any atom is -0.342 e. The number of aryl methyl sites for hydroxylation is 1. The SMILES string of the molecule is CNCC1CCN(C(=O)Cc2ccc(C)nc2)CC1.Cl.Cl. The molecule has 0 saturated carbocycles. The van der Waals surface area contributed by atoms with Crippen molar-refractivity contribution >= 4 is 30.7 Å². The first kappa shape index (κ1) is 20.2. The van der Waals surface area contributed by atoms with Crippen LogP contribution in [0.15, 0.2) is 18.3 Å². The van der Waals surface area contributed by atoms with Gasteiger partial charge >= 0.3 is 0 Å². The van der Waals surface area contributed by atoms with Gasteiger partial charge in [0.2, 0.25) is 5.91 Å². The summed E-state index contributed by atoms with van der Waals surface area (Å²) in [5.41, 5.74) is 2.00. The normalized spacial score (nSPS) is 15.0. The van der Waals surface area contributed by atoms with Crippen LogP contribution in [0.3, 0.4) is 0 Å². The van der Waals surface area contributed by atoms with Crippen LogP contribution in [0, 0.1) is 12.8 Å². The molecule has 1 aromatic rings. The average molecular weight is 334 g/mol. The van der Waals surface area contributed by atoms with Crippen molar-refractivity contribution < 1.29 is 4.79 Å². The van der Waals surface area contributed by atoms with Crippen LogP contribution < -0.4 is 5.32 Å². The van der Waals surface area contributed by atoms with Crippen molar-refractivity contribution in [3.63, 3.8) is 0 Å². The highest BCUT2D eigenvalue weighted by Gasteiger charge is 2.22. The minimum absolute atomic E-state index is 0. The van der Waals surface area contributed by atoms with Crippen LogP contribution in [0.1, 0.15) is 24.1 Å². The quantitative estimate of drug-likeness (QED) is 0.918. The van der Waals surface area contributed by atoms with E-state index < -0.39 is 0 Å². The van der Waals surface area contributed by atoms with Crippen molar-refractivity contribution in [2.45, 2.75) is 26.2 Å². The van der Waals surface area contributed by atoms with Gasteiger partial charge in [-0.3, -0.25) is 9.78 Å². The lowest BCUT2D eigenvalue weighted by molar-refractivity contribution is -0.131. The van der Waals surface area contributed by atoms with Crippen molar-refractivity contribution in [2.24, 2.45) is 5.92 Å². The molecule has 120 valence electrons. The predicted molar refractivity (Wildman–Crippen MR) is 90.4 cm³/mol. The van der Waals surface area contributed by atoms with Gasteiger partial charge < -0.3 is 10.2 Å². The smallest absolute Gasteiger partial charge is 0.227 e.